The first-order valence-corrected chi connectivity index (χ1v) is 6.88. The van der Waals surface area contributed by atoms with Crippen LogP contribution in [-0.2, 0) is 0 Å². The molecule has 2 rings (SSSR count). The van der Waals surface area contributed by atoms with Gasteiger partial charge in [-0.25, -0.2) is 0 Å². The molecule has 2 aromatic rings. The van der Waals surface area contributed by atoms with Crippen molar-refractivity contribution in [2.75, 3.05) is 11.9 Å². The second-order valence-electron chi connectivity index (χ2n) is 4.92. The van der Waals surface area contributed by atoms with Gasteiger partial charge in [0.1, 0.15) is 0 Å². The largest absolute Gasteiger partial charge is 0.385 e. The third-order valence-corrected chi connectivity index (χ3v) is 3.25. The summed E-state index contributed by atoms with van der Waals surface area (Å²) in [5, 5.41) is 3.32. The third-order valence-electron chi connectivity index (χ3n) is 3.25. The van der Waals surface area contributed by atoms with E-state index in [1.165, 1.54) is 27.9 Å². The predicted molar refractivity (Wildman–Crippen MR) is 86.0 cm³/mol. The monoisotopic (exact) mass is 255 g/mol. The summed E-state index contributed by atoms with van der Waals surface area (Å²) in [6.07, 6.45) is 0. The average molecular weight is 255 g/mol. The van der Waals surface area contributed by atoms with Crippen molar-refractivity contribution in [1.82, 2.24) is 0 Å². The molecule has 0 fully saturated rings. The van der Waals surface area contributed by atoms with Crippen LogP contribution in [0.3, 0.4) is 0 Å². The van der Waals surface area contributed by atoms with Crippen molar-refractivity contribution in [2.24, 2.45) is 0 Å². The van der Waals surface area contributed by atoms with Gasteiger partial charge in [0.25, 0.3) is 0 Å². The van der Waals surface area contributed by atoms with Gasteiger partial charge in [-0.1, -0.05) is 35.9 Å². The molecule has 0 aromatic heterocycles. The Morgan fingerprint density at radius 3 is 1.74 bits per heavy atom. The van der Waals surface area contributed by atoms with Crippen LogP contribution in [0.25, 0.3) is 0 Å². The van der Waals surface area contributed by atoms with E-state index >= 15 is 0 Å². The maximum absolute atomic E-state index is 3.32. The van der Waals surface area contributed by atoms with Gasteiger partial charge in [-0.2, -0.15) is 0 Å². The van der Waals surface area contributed by atoms with Crippen LogP contribution in [0.2, 0.25) is 0 Å². The zero-order valence-corrected chi connectivity index (χ0v) is 12.7. The summed E-state index contributed by atoms with van der Waals surface area (Å²) in [4.78, 5) is 0. The van der Waals surface area contributed by atoms with Crippen LogP contribution in [0.5, 0.6) is 0 Å². The molecule has 0 aliphatic heterocycles. The van der Waals surface area contributed by atoms with Gasteiger partial charge in [-0.3, -0.25) is 0 Å². The lowest BCUT2D eigenvalue weighted by atomic mass is 10.0. The normalized spacial score (nSPS) is 9.53. The van der Waals surface area contributed by atoms with Crippen LogP contribution in [0, 0.1) is 27.7 Å². The Morgan fingerprint density at radius 1 is 0.842 bits per heavy atom. The van der Waals surface area contributed by atoms with Gasteiger partial charge >= 0.3 is 0 Å². The fourth-order valence-electron chi connectivity index (χ4n) is 1.88. The second kappa shape index (κ2) is 7.63. The molecule has 102 valence electrons. The molecule has 0 saturated carbocycles. The van der Waals surface area contributed by atoms with E-state index in [2.05, 4.69) is 64.2 Å². The van der Waals surface area contributed by atoms with Crippen molar-refractivity contribution in [3.05, 3.63) is 64.7 Å². The van der Waals surface area contributed by atoms with Crippen LogP contribution >= 0.6 is 0 Å². The highest BCUT2D eigenvalue weighted by atomic mass is 14.8. The molecule has 0 amide bonds. The molecule has 19 heavy (non-hydrogen) atoms. The molecule has 0 aliphatic carbocycles. The van der Waals surface area contributed by atoms with Gasteiger partial charge in [-0.05, 0) is 63.4 Å². The molecule has 0 heterocycles. The van der Waals surface area contributed by atoms with E-state index in [1.54, 1.807) is 0 Å². The van der Waals surface area contributed by atoms with E-state index in [9.17, 15) is 0 Å². The summed E-state index contributed by atoms with van der Waals surface area (Å²) in [6, 6.07) is 14.7. The molecule has 1 nitrogen and oxygen atoms in total. The quantitative estimate of drug-likeness (QED) is 0.792. The predicted octanol–water partition coefficient (Wildman–Crippen LogP) is 5.04. The van der Waals surface area contributed by atoms with Crippen LogP contribution in [0.15, 0.2) is 42.5 Å². The summed E-state index contributed by atoms with van der Waals surface area (Å²) in [6.45, 7) is 11.7. The molecule has 0 aliphatic rings. The topological polar surface area (TPSA) is 12.0 Å². The molecule has 1 heteroatoms. The average Bonchev–Trinajstić information content (AvgIpc) is 2.38. The fraction of sp³-hybridized carbons (Fsp3) is 0.333. The van der Waals surface area contributed by atoms with Gasteiger partial charge in [0.05, 0.1) is 0 Å². The zero-order chi connectivity index (χ0) is 14.3. The Hall–Kier alpha value is -1.76. The number of anilines is 1. The van der Waals surface area contributed by atoms with E-state index in [0.717, 1.165) is 6.54 Å². The third kappa shape index (κ3) is 5.17. The Balaban J connectivity index is 0.000000218. The SMILES string of the molecule is CCNc1cc(C)c(C)c(C)c1.Cc1ccccc1. The summed E-state index contributed by atoms with van der Waals surface area (Å²) >= 11 is 0. The Kier molecular flexibility index (Phi) is 6.14. The van der Waals surface area contributed by atoms with Crippen molar-refractivity contribution >= 4 is 5.69 Å². The Labute approximate surface area is 117 Å². The zero-order valence-electron chi connectivity index (χ0n) is 12.7. The highest BCUT2D eigenvalue weighted by Crippen LogP contribution is 2.18. The maximum atomic E-state index is 3.32. The van der Waals surface area contributed by atoms with Crippen LogP contribution in [-0.4, -0.2) is 6.54 Å². The molecule has 0 bridgehead atoms. The highest BCUT2D eigenvalue weighted by molar-refractivity contribution is 5.51. The van der Waals surface area contributed by atoms with Gasteiger partial charge < -0.3 is 5.32 Å². The minimum absolute atomic E-state index is 0.988. The van der Waals surface area contributed by atoms with Crippen molar-refractivity contribution in [3.63, 3.8) is 0 Å². The molecule has 2 aromatic carbocycles. The first-order chi connectivity index (χ1) is 9.04. The fourth-order valence-corrected chi connectivity index (χ4v) is 1.88. The first kappa shape index (κ1) is 15.3. The van der Waals surface area contributed by atoms with E-state index in [0.29, 0.717) is 0 Å². The van der Waals surface area contributed by atoms with E-state index in [1.807, 2.05) is 18.2 Å². The van der Waals surface area contributed by atoms with Gasteiger partial charge in [0.15, 0.2) is 0 Å². The van der Waals surface area contributed by atoms with Crippen LogP contribution < -0.4 is 5.32 Å². The molecule has 0 spiro atoms. The molecule has 0 unspecified atom stereocenters. The lowest BCUT2D eigenvalue weighted by Gasteiger charge is -2.09. The smallest absolute Gasteiger partial charge is 0.0345 e. The number of rotatable bonds is 2. The summed E-state index contributed by atoms with van der Waals surface area (Å²) < 4.78 is 0. The lowest BCUT2D eigenvalue weighted by molar-refractivity contribution is 1.19. The van der Waals surface area contributed by atoms with E-state index in [4.69, 9.17) is 0 Å². The number of benzene rings is 2. The minimum Gasteiger partial charge on any atom is -0.385 e. The van der Waals surface area contributed by atoms with Gasteiger partial charge in [-0.15, -0.1) is 0 Å². The van der Waals surface area contributed by atoms with Crippen molar-refractivity contribution in [1.29, 1.82) is 0 Å². The highest BCUT2D eigenvalue weighted by Gasteiger charge is 1.98. The molecular weight excluding hydrogens is 230 g/mol. The van der Waals surface area contributed by atoms with Crippen molar-refractivity contribution in [2.45, 2.75) is 34.6 Å². The number of aryl methyl sites for hydroxylation is 3. The van der Waals surface area contributed by atoms with Crippen LogP contribution in [0.4, 0.5) is 5.69 Å². The van der Waals surface area contributed by atoms with E-state index < -0.39 is 0 Å². The number of hydrogen-bond acceptors (Lipinski definition) is 1. The van der Waals surface area contributed by atoms with Crippen LogP contribution in [0.1, 0.15) is 29.2 Å². The number of hydrogen-bond donors (Lipinski definition) is 1. The minimum atomic E-state index is 0.988. The molecule has 0 radical (unpaired) electrons. The van der Waals surface area contributed by atoms with Crippen molar-refractivity contribution in [3.8, 4) is 0 Å². The Bertz CT molecular complexity index is 477. The summed E-state index contributed by atoms with van der Waals surface area (Å²) in [5.41, 5.74) is 6.69. The standard InChI is InChI=1S/C11H17N.C7H8/c1-5-12-11-6-8(2)10(4)9(3)7-11;1-7-5-3-2-4-6-7/h6-7,12H,5H2,1-4H3;2-6H,1H3. The molecular formula is C18H25N. The number of nitrogens with one attached hydrogen (secondary N) is 1. The maximum Gasteiger partial charge on any atom is 0.0345 e. The first-order valence-electron chi connectivity index (χ1n) is 6.88. The summed E-state index contributed by atoms with van der Waals surface area (Å²) in [5.74, 6) is 0. The molecule has 1 N–H and O–H groups in total. The van der Waals surface area contributed by atoms with E-state index in [-0.39, 0.29) is 0 Å². The van der Waals surface area contributed by atoms with Gasteiger partial charge in [0.2, 0.25) is 0 Å². The Morgan fingerprint density at radius 2 is 1.37 bits per heavy atom. The van der Waals surface area contributed by atoms with Gasteiger partial charge in [0, 0.05) is 12.2 Å². The second-order valence-corrected chi connectivity index (χ2v) is 4.92. The molecule has 0 saturated heterocycles. The molecule has 0 atom stereocenters. The van der Waals surface area contributed by atoms with Crippen molar-refractivity contribution < 1.29 is 0 Å². The lowest BCUT2D eigenvalue weighted by Crippen LogP contribution is -1.98. The summed E-state index contributed by atoms with van der Waals surface area (Å²) in [7, 11) is 0.